The summed E-state index contributed by atoms with van der Waals surface area (Å²) in [6, 6.07) is -0.152. The maximum absolute atomic E-state index is 12.6. The largest absolute Gasteiger partial charge is 0.466 e. The number of ether oxygens (including phenoxy) is 1. The molecule has 0 aromatic heterocycles. The van der Waals surface area contributed by atoms with Crippen molar-refractivity contribution in [2.75, 3.05) is 38.8 Å². The summed E-state index contributed by atoms with van der Waals surface area (Å²) >= 11 is 7.29. The molecule has 0 aromatic carbocycles. The Balaban J connectivity index is 1.84. The van der Waals surface area contributed by atoms with Gasteiger partial charge in [-0.3, -0.25) is 14.9 Å². The lowest BCUT2D eigenvalue weighted by Crippen LogP contribution is -2.59. The van der Waals surface area contributed by atoms with E-state index in [1.54, 1.807) is 18.7 Å². The molecule has 2 atom stereocenters. The van der Waals surface area contributed by atoms with Crippen molar-refractivity contribution in [2.24, 2.45) is 0 Å². The first-order chi connectivity index (χ1) is 12.8. The SMILES string of the molecule is CCOC(=O)CC(C)NC(=S)N1CCC2(CC1)NC(CCSC)C(=O)N2C. The number of amides is 1. The molecular formula is C18H32N4O3S2. The number of thiocarbonyl (C=S) groups is 1. The zero-order valence-electron chi connectivity index (χ0n) is 16.7. The Kier molecular flexibility index (Phi) is 8.18. The number of piperidine rings is 1. The number of carbonyl (C=O) groups excluding carboxylic acids is 2. The molecule has 2 heterocycles. The van der Waals surface area contributed by atoms with Crippen molar-refractivity contribution in [2.45, 2.75) is 57.3 Å². The van der Waals surface area contributed by atoms with Crippen LogP contribution in [0.1, 0.15) is 39.5 Å². The Morgan fingerprint density at radius 2 is 2.15 bits per heavy atom. The molecular weight excluding hydrogens is 384 g/mol. The van der Waals surface area contributed by atoms with Crippen LogP contribution in [0.25, 0.3) is 0 Å². The minimum absolute atomic E-state index is 0.0720. The third-order valence-corrected chi connectivity index (χ3v) is 6.37. The van der Waals surface area contributed by atoms with Crippen LogP contribution in [0, 0.1) is 0 Å². The monoisotopic (exact) mass is 416 g/mol. The van der Waals surface area contributed by atoms with Gasteiger partial charge in [0.1, 0.15) is 0 Å². The number of nitrogens with zero attached hydrogens (tertiary/aromatic N) is 2. The zero-order chi connectivity index (χ0) is 20.0. The number of hydrogen-bond donors (Lipinski definition) is 2. The smallest absolute Gasteiger partial charge is 0.307 e. The van der Waals surface area contributed by atoms with E-state index >= 15 is 0 Å². The van der Waals surface area contributed by atoms with Gasteiger partial charge in [-0.15, -0.1) is 0 Å². The molecule has 0 bridgehead atoms. The molecule has 0 aliphatic carbocycles. The second kappa shape index (κ2) is 9.93. The van der Waals surface area contributed by atoms with Crippen molar-refractivity contribution >= 4 is 41.0 Å². The van der Waals surface area contributed by atoms with Crippen molar-refractivity contribution < 1.29 is 14.3 Å². The predicted molar refractivity (Wildman–Crippen MR) is 113 cm³/mol. The fourth-order valence-corrected chi connectivity index (χ4v) is 4.60. The number of likely N-dealkylation sites (N-methyl/N-ethyl adjacent to an activating group) is 1. The van der Waals surface area contributed by atoms with Gasteiger partial charge in [0.15, 0.2) is 5.11 Å². The van der Waals surface area contributed by atoms with Gasteiger partial charge < -0.3 is 19.9 Å². The molecule has 2 unspecified atom stereocenters. The highest BCUT2D eigenvalue weighted by atomic mass is 32.2. The molecule has 2 aliphatic rings. The van der Waals surface area contributed by atoms with E-state index in [1.165, 1.54) is 0 Å². The van der Waals surface area contributed by atoms with Gasteiger partial charge in [0.2, 0.25) is 5.91 Å². The first-order valence-corrected chi connectivity index (χ1v) is 11.4. The summed E-state index contributed by atoms with van der Waals surface area (Å²) < 4.78 is 4.98. The molecule has 0 aromatic rings. The highest BCUT2D eigenvalue weighted by molar-refractivity contribution is 7.98. The molecule has 2 N–H and O–H groups in total. The lowest BCUT2D eigenvalue weighted by atomic mass is 9.96. The summed E-state index contributed by atoms with van der Waals surface area (Å²) in [6.45, 7) is 5.67. The number of carbonyl (C=O) groups is 2. The second-order valence-electron chi connectivity index (χ2n) is 7.25. The Hall–Kier alpha value is -1.06. The fourth-order valence-electron chi connectivity index (χ4n) is 3.74. The molecule has 1 amide bonds. The maximum Gasteiger partial charge on any atom is 0.307 e. The molecule has 2 fully saturated rings. The molecule has 1 spiro atoms. The van der Waals surface area contributed by atoms with Crippen LogP contribution in [0.15, 0.2) is 0 Å². The summed E-state index contributed by atoms with van der Waals surface area (Å²) in [5.74, 6) is 0.956. The van der Waals surface area contributed by atoms with E-state index in [1.807, 2.05) is 18.9 Å². The van der Waals surface area contributed by atoms with E-state index < -0.39 is 0 Å². The number of hydrogen-bond acceptors (Lipinski definition) is 6. The average Bonchev–Trinajstić information content (AvgIpc) is 2.85. The molecule has 27 heavy (non-hydrogen) atoms. The molecule has 0 radical (unpaired) electrons. The van der Waals surface area contributed by atoms with E-state index in [9.17, 15) is 9.59 Å². The van der Waals surface area contributed by atoms with Gasteiger partial charge in [-0.1, -0.05) is 0 Å². The predicted octanol–water partition coefficient (Wildman–Crippen LogP) is 1.18. The zero-order valence-corrected chi connectivity index (χ0v) is 18.4. The van der Waals surface area contributed by atoms with Crippen LogP contribution in [0.5, 0.6) is 0 Å². The quantitative estimate of drug-likeness (QED) is 0.473. The standard InChI is InChI=1S/C18H32N4O3S2/c1-5-25-15(23)12-13(2)19-17(26)22-9-7-18(8-10-22)20-14(6-11-27-4)16(24)21(18)3/h13-14,20H,5-12H2,1-4H3,(H,19,26). The van der Waals surface area contributed by atoms with Gasteiger partial charge in [-0.25, -0.2) is 0 Å². The van der Waals surface area contributed by atoms with Gasteiger partial charge in [0.05, 0.1) is 24.7 Å². The van der Waals surface area contributed by atoms with Gasteiger partial charge in [-0.2, -0.15) is 11.8 Å². The highest BCUT2D eigenvalue weighted by Gasteiger charge is 2.49. The Morgan fingerprint density at radius 1 is 1.48 bits per heavy atom. The molecule has 2 aliphatic heterocycles. The summed E-state index contributed by atoms with van der Waals surface area (Å²) in [4.78, 5) is 28.2. The first kappa shape index (κ1) is 22.2. The molecule has 2 saturated heterocycles. The lowest BCUT2D eigenvalue weighted by molar-refractivity contribution is -0.143. The lowest BCUT2D eigenvalue weighted by Gasteiger charge is -2.44. The van der Waals surface area contributed by atoms with Crippen LogP contribution in [-0.4, -0.2) is 83.3 Å². The Labute approximate surface area is 171 Å². The normalized spacial score (nSPS) is 22.8. The van der Waals surface area contributed by atoms with Crippen molar-refractivity contribution in [3.63, 3.8) is 0 Å². The van der Waals surface area contributed by atoms with Crippen LogP contribution in [0.4, 0.5) is 0 Å². The minimum atomic E-state index is -0.261. The molecule has 0 saturated carbocycles. The molecule has 2 rings (SSSR count). The number of esters is 1. The fraction of sp³-hybridized carbons (Fsp3) is 0.833. The van der Waals surface area contributed by atoms with Crippen molar-refractivity contribution in [3.05, 3.63) is 0 Å². The highest BCUT2D eigenvalue weighted by Crippen LogP contribution is 2.32. The summed E-state index contributed by atoms with van der Waals surface area (Å²) in [7, 11) is 1.90. The average molecular weight is 417 g/mol. The summed E-state index contributed by atoms with van der Waals surface area (Å²) in [5.41, 5.74) is -0.261. The van der Waals surface area contributed by atoms with Crippen LogP contribution in [0.2, 0.25) is 0 Å². The van der Waals surface area contributed by atoms with Gasteiger partial charge >= 0.3 is 5.97 Å². The number of rotatable bonds is 7. The maximum atomic E-state index is 12.6. The van der Waals surface area contributed by atoms with Crippen LogP contribution >= 0.6 is 24.0 Å². The third-order valence-electron chi connectivity index (χ3n) is 5.35. The third kappa shape index (κ3) is 5.48. The second-order valence-corrected chi connectivity index (χ2v) is 8.63. The summed E-state index contributed by atoms with van der Waals surface area (Å²) in [6.07, 6.45) is 4.88. The van der Waals surface area contributed by atoms with E-state index in [2.05, 4.69) is 21.8 Å². The van der Waals surface area contributed by atoms with Crippen LogP contribution in [0.3, 0.4) is 0 Å². The van der Waals surface area contributed by atoms with Crippen molar-refractivity contribution in [1.29, 1.82) is 0 Å². The molecule has 9 heteroatoms. The van der Waals surface area contributed by atoms with Crippen molar-refractivity contribution in [1.82, 2.24) is 20.4 Å². The molecule has 154 valence electrons. The number of thioether (sulfide) groups is 1. The van der Waals surface area contributed by atoms with Gasteiger partial charge in [0.25, 0.3) is 0 Å². The van der Waals surface area contributed by atoms with Gasteiger partial charge in [0, 0.05) is 39.0 Å². The van der Waals surface area contributed by atoms with E-state index in [0.717, 1.165) is 38.1 Å². The summed E-state index contributed by atoms with van der Waals surface area (Å²) in [5, 5.41) is 7.48. The van der Waals surface area contributed by atoms with E-state index in [4.69, 9.17) is 17.0 Å². The first-order valence-electron chi connectivity index (χ1n) is 9.58. The Morgan fingerprint density at radius 3 is 2.74 bits per heavy atom. The minimum Gasteiger partial charge on any atom is -0.466 e. The van der Waals surface area contributed by atoms with Gasteiger partial charge in [-0.05, 0) is 44.5 Å². The van der Waals surface area contributed by atoms with E-state index in [0.29, 0.717) is 18.1 Å². The van der Waals surface area contributed by atoms with E-state index in [-0.39, 0.29) is 29.6 Å². The Bertz CT molecular complexity index is 553. The number of nitrogens with one attached hydrogen (secondary N) is 2. The van der Waals surface area contributed by atoms with Crippen LogP contribution in [-0.2, 0) is 14.3 Å². The molecule has 7 nitrogen and oxygen atoms in total. The number of likely N-dealkylation sites (tertiary alicyclic amines) is 1. The van der Waals surface area contributed by atoms with Crippen LogP contribution < -0.4 is 10.6 Å². The van der Waals surface area contributed by atoms with Crippen molar-refractivity contribution in [3.8, 4) is 0 Å². The topological polar surface area (TPSA) is 73.9 Å².